The fourth-order valence-electron chi connectivity index (χ4n) is 2.96. The van der Waals surface area contributed by atoms with E-state index < -0.39 is 12.1 Å². The van der Waals surface area contributed by atoms with Crippen molar-refractivity contribution in [3.8, 4) is 5.75 Å². The Morgan fingerprint density at radius 1 is 0.833 bits per heavy atom. The molecule has 0 radical (unpaired) electrons. The molecule has 154 valence electrons. The zero-order valence-corrected chi connectivity index (χ0v) is 16.5. The summed E-state index contributed by atoms with van der Waals surface area (Å²) >= 11 is 0. The first-order chi connectivity index (χ1) is 14.6. The SMILES string of the molecule is O=C(CCCC(Oc1ccccc1)C(=O)O)NN(c1ccccc1)c1ccccc1. The summed E-state index contributed by atoms with van der Waals surface area (Å²) < 4.78 is 5.54. The van der Waals surface area contributed by atoms with Gasteiger partial charge in [-0.25, -0.2) is 4.79 Å². The largest absolute Gasteiger partial charge is 0.479 e. The molecule has 0 heterocycles. The Bertz CT molecular complexity index is 894. The van der Waals surface area contributed by atoms with Gasteiger partial charge in [0.2, 0.25) is 5.91 Å². The number of amides is 1. The number of carbonyl (C=O) groups is 2. The molecular formula is C24H24N2O4. The molecule has 2 N–H and O–H groups in total. The number of hydrogen-bond donors (Lipinski definition) is 2. The Hall–Kier alpha value is -3.80. The topological polar surface area (TPSA) is 78.9 Å². The smallest absolute Gasteiger partial charge is 0.344 e. The summed E-state index contributed by atoms with van der Waals surface area (Å²) in [6.45, 7) is 0. The highest BCUT2D eigenvalue weighted by atomic mass is 16.5. The molecule has 6 heteroatoms. The number of para-hydroxylation sites is 3. The normalized spacial score (nSPS) is 11.3. The summed E-state index contributed by atoms with van der Waals surface area (Å²) in [7, 11) is 0. The molecule has 0 aromatic heterocycles. The molecule has 3 aromatic rings. The summed E-state index contributed by atoms with van der Waals surface area (Å²) in [5, 5.41) is 11.1. The highest BCUT2D eigenvalue weighted by Gasteiger charge is 2.20. The minimum atomic E-state index is -1.05. The lowest BCUT2D eigenvalue weighted by Crippen LogP contribution is -2.39. The van der Waals surface area contributed by atoms with E-state index in [1.54, 1.807) is 29.3 Å². The fourth-order valence-corrected chi connectivity index (χ4v) is 2.96. The number of nitrogens with one attached hydrogen (secondary N) is 1. The molecular weight excluding hydrogens is 380 g/mol. The third kappa shape index (κ3) is 6.10. The van der Waals surface area contributed by atoms with Crippen LogP contribution in [0.2, 0.25) is 0 Å². The molecule has 0 saturated carbocycles. The van der Waals surface area contributed by atoms with E-state index >= 15 is 0 Å². The summed E-state index contributed by atoms with van der Waals surface area (Å²) in [4.78, 5) is 24.1. The molecule has 0 fully saturated rings. The van der Waals surface area contributed by atoms with Gasteiger partial charge in [0.15, 0.2) is 6.10 Å². The van der Waals surface area contributed by atoms with Gasteiger partial charge in [-0.1, -0.05) is 54.6 Å². The number of ether oxygens (including phenoxy) is 1. The van der Waals surface area contributed by atoms with Crippen LogP contribution in [0.25, 0.3) is 0 Å². The standard InChI is InChI=1S/C24H24N2O4/c27-23(18-10-17-22(24(28)29)30-21-15-8-3-9-16-21)25-26(19-11-4-1-5-12-19)20-13-6-2-7-14-20/h1-9,11-16,22H,10,17-18H2,(H,25,27)(H,28,29). The molecule has 1 atom stereocenters. The van der Waals surface area contributed by atoms with Crippen LogP contribution in [0.15, 0.2) is 91.0 Å². The van der Waals surface area contributed by atoms with E-state index in [1.807, 2.05) is 66.7 Å². The van der Waals surface area contributed by atoms with E-state index in [1.165, 1.54) is 0 Å². The first-order valence-electron chi connectivity index (χ1n) is 9.78. The molecule has 0 spiro atoms. The third-order valence-corrected chi connectivity index (χ3v) is 4.43. The van der Waals surface area contributed by atoms with Crippen molar-refractivity contribution in [3.63, 3.8) is 0 Å². The number of carboxylic acids is 1. The number of carbonyl (C=O) groups excluding carboxylic acids is 1. The maximum Gasteiger partial charge on any atom is 0.344 e. The molecule has 1 amide bonds. The lowest BCUT2D eigenvalue weighted by atomic mass is 10.1. The summed E-state index contributed by atoms with van der Waals surface area (Å²) in [6, 6.07) is 27.8. The molecule has 0 bridgehead atoms. The Labute approximate surface area is 175 Å². The molecule has 0 aliphatic carbocycles. The van der Waals surface area contributed by atoms with E-state index in [0.717, 1.165) is 11.4 Å². The Morgan fingerprint density at radius 2 is 1.33 bits per heavy atom. The molecule has 0 aliphatic heterocycles. The van der Waals surface area contributed by atoms with Gasteiger partial charge in [0.05, 0.1) is 11.4 Å². The molecule has 0 aliphatic rings. The molecule has 30 heavy (non-hydrogen) atoms. The summed E-state index contributed by atoms with van der Waals surface area (Å²) in [5.41, 5.74) is 4.56. The van der Waals surface area contributed by atoms with Crippen LogP contribution < -0.4 is 15.2 Å². The fraction of sp³-hybridized carbons (Fsp3) is 0.167. The lowest BCUT2D eigenvalue weighted by Gasteiger charge is -2.25. The van der Waals surface area contributed by atoms with E-state index in [9.17, 15) is 14.7 Å². The first kappa shape index (κ1) is 20.9. The van der Waals surface area contributed by atoms with Crippen molar-refractivity contribution in [1.29, 1.82) is 0 Å². The average Bonchev–Trinajstić information content (AvgIpc) is 2.78. The van der Waals surface area contributed by atoms with Crippen molar-refractivity contribution < 1.29 is 19.4 Å². The average molecular weight is 404 g/mol. The Morgan fingerprint density at radius 3 is 1.83 bits per heavy atom. The Kier molecular flexibility index (Phi) is 7.44. The minimum Gasteiger partial charge on any atom is -0.479 e. The van der Waals surface area contributed by atoms with Gasteiger partial charge >= 0.3 is 5.97 Å². The quantitative estimate of drug-likeness (QED) is 0.485. The van der Waals surface area contributed by atoms with Gasteiger partial charge in [0.1, 0.15) is 5.75 Å². The van der Waals surface area contributed by atoms with E-state index in [4.69, 9.17) is 4.74 Å². The van der Waals surface area contributed by atoms with Crippen molar-refractivity contribution in [2.24, 2.45) is 0 Å². The second-order valence-electron chi connectivity index (χ2n) is 6.69. The van der Waals surface area contributed by atoms with Crippen LogP contribution in [0, 0.1) is 0 Å². The molecule has 3 rings (SSSR count). The van der Waals surface area contributed by atoms with Gasteiger partial charge in [-0.3, -0.25) is 15.2 Å². The molecule has 3 aromatic carbocycles. The third-order valence-electron chi connectivity index (χ3n) is 4.43. The lowest BCUT2D eigenvalue weighted by molar-refractivity contribution is -0.145. The van der Waals surface area contributed by atoms with Crippen LogP contribution in [-0.4, -0.2) is 23.1 Å². The van der Waals surface area contributed by atoms with Crippen molar-refractivity contribution in [1.82, 2.24) is 5.43 Å². The van der Waals surface area contributed by atoms with E-state index in [2.05, 4.69) is 5.43 Å². The number of nitrogens with zero attached hydrogens (tertiary/aromatic N) is 1. The van der Waals surface area contributed by atoms with Gasteiger partial charge in [-0.15, -0.1) is 0 Å². The highest BCUT2D eigenvalue weighted by molar-refractivity contribution is 5.80. The van der Waals surface area contributed by atoms with Crippen LogP contribution in [0.1, 0.15) is 19.3 Å². The summed E-state index contributed by atoms with van der Waals surface area (Å²) in [5.74, 6) is -0.755. The number of benzene rings is 3. The van der Waals surface area contributed by atoms with Crippen molar-refractivity contribution >= 4 is 23.3 Å². The zero-order valence-electron chi connectivity index (χ0n) is 16.5. The minimum absolute atomic E-state index is 0.179. The second kappa shape index (κ2) is 10.7. The van der Waals surface area contributed by atoms with Crippen LogP contribution in [0.5, 0.6) is 5.75 Å². The van der Waals surface area contributed by atoms with Crippen LogP contribution in [0.3, 0.4) is 0 Å². The number of anilines is 2. The maximum atomic E-state index is 12.6. The van der Waals surface area contributed by atoms with Gasteiger partial charge in [-0.05, 0) is 49.2 Å². The Balaban J connectivity index is 1.58. The van der Waals surface area contributed by atoms with Crippen molar-refractivity contribution in [2.45, 2.75) is 25.4 Å². The van der Waals surface area contributed by atoms with Gasteiger partial charge in [0, 0.05) is 6.42 Å². The number of rotatable bonds is 10. The number of aliphatic carboxylic acids is 1. The number of hydrogen-bond acceptors (Lipinski definition) is 4. The number of carboxylic acid groups (broad SMARTS) is 1. The molecule has 1 unspecified atom stereocenters. The van der Waals surface area contributed by atoms with Gasteiger partial charge < -0.3 is 9.84 Å². The molecule has 0 saturated heterocycles. The van der Waals surface area contributed by atoms with Gasteiger partial charge in [0.25, 0.3) is 0 Å². The number of hydrazine groups is 1. The first-order valence-corrected chi connectivity index (χ1v) is 9.78. The van der Waals surface area contributed by atoms with Crippen molar-refractivity contribution in [3.05, 3.63) is 91.0 Å². The molecule has 6 nitrogen and oxygen atoms in total. The van der Waals surface area contributed by atoms with Gasteiger partial charge in [-0.2, -0.15) is 0 Å². The predicted octanol–water partition coefficient (Wildman–Crippen LogP) is 4.56. The second-order valence-corrected chi connectivity index (χ2v) is 6.69. The summed E-state index contributed by atoms with van der Waals surface area (Å²) in [6.07, 6.45) is -0.209. The van der Waals surface area contributed by atoms with E-state index in [0.29, 0.717) is 12.2 Å². The maximum absolute atomic E-state index is 12.6. The predicted molar refractivity (Wildman–Crippen MR) is 116 cm³/mol. The zero-order chi connectivity index (χ0) is 21.2. The monoisotopic (exact) mass is 404 g/mol. The van der Waals surface area contributed by atoms with Crippen molar-refractivity contribution in [2.75, 3.05) is 5.01 Å². The van der Waals surface area contributed by atoms with Crippen LogP contribution in [0.4, 0.5) is 11.4 Å². The van der Waals surface area contributed by atoms with Crippen LogP contribution >= 0.6 is 0 Å². The highest BCUT2D eigenvalue weighted by Crippen LogP contribution is 2.22. The van der Waals surface area contributed by atoms with E-state index in [-0.39, 0.29) is 18.7 Å². The van der Waals surface area contributed by atoms with Crippen LogP contribution in [-0.2, 0) is 9.59 Å².